The molecule has 1 aromatic heterocycles. The molecule has 0 unspecified atom stereocenters. The number of aliphatic hydroxyl groups excluding tert-OH is 1. The molecule has 2 N–H and O–H groups in total. The van der Waals surface area contributed by atoms with Crippen LogP contribution >= 0.6 is 0 Å². The van der Waals surface area contributed by atoms with Crippen LogP contribution in [0.15, 0.2) is 36.5 Å². The lowest BCUT2D eigenvalue weighted by Crippen LogP contribution is -2.50. The van der Waals surface area contributed by atoms with E-state index in [1.54, 1.807) is 11.1 Å². The molecule has 0 spiro atoms. The van der Waals surface area contributed by atoms with E-state index in [4.69, 9.17) is 9.47 Å². The maximum Gasteiger partial charge on any atom is 0.409 e. The number of carbonyl (C=O) groups excluding carboxylic acids is 1. The topological polar surface area (TPSA) is 87.7 Å². The Morgan fingerprint density at radius 1 is 1.19 bits per heavy atom. The zero-order chi connectivity index (χ0) is 21.6. The fraction of sp³-hybridized carbons (Fsp3) is 0.583. The predicted octanol–water partition coefficient (Wildman–Crippen LogP) is 3.96. The van der Waals surface area contributed by atoms with Gasteiger partial charge in [0.15, 0.2) is 0 Å². The molecule has 2 aromatic rings. The zero-order valence-corrected chi connectivity index (χ0v) is 18.2. The van der Waals surface area contributed by atoms with Crippen molar-refractivity contribution in [1.82, 2.24) is 15.1 Å². The van der Waals surface area contributed by atoms with Crippen LogP contribution in [0.25, 0.3) is 0 Å². The highest BCUT2D eigenvalue weighted by atomic mass is 16.5. The van der Waals surface area contributed by atoms with Gasteiger partial charge < -0.3 is 19.5 Å². The molecule has 1 saturated carbocycles. The average Bonchev–Trinajstić information content (AvgIpc) is 3.31. The highest BCUT2D eigenvalue weighted by Crippen LogP contribution is 2.37. The molecule has 7 heteroatoms. The predicted molar refractivity (Wildman–Crippen MR) is 117 cm³/mol. The molecule has 2 atom stereocenters. The van der Waals surface area contributed by atoms with Gasteiger partial charge in [-0.25, -0.2) is 4.79 Å². The Labute approximate surface area is 183 Å². The van der Waals surface area contributed by atoms with E-state index in [0.29, 0.717) is 19.1 Å². The number of rotatable bonds is 6. The Morgan fingerprint density at radius 2 is 1.97 bits per heavy atom. The number of ether oxygens (including phenoxy) is 2. The number of likely N-dealkylation sites (tertiary alicyclic amines) is 1. The van der Waals surface area contributed by atoms with Crippen molar-refractivity contribution >= 4 is 6.09 Å². The number of methoxy groups -OCH3 is 1. The van der Waals surface area contributed by atoms with Crippen molar-refractivity contribution in [2.24, 2.45) is 0 Å². The molecule has 0 bridgehead atoms. The van der Waals surface area contributed by atoms with E-state index in [9.17, 15) is 9.90 Å². The smallest absolute Gasteiger partial charge is 0.409 e. The largest absolute Gasteiger partial charge is 0.453 e. The Morgan fingerprint density at radius 3 is 2.68 bits per heavy atom. The van der Waals surface area contributed by atoms with Crippen LogP contribution in [0.5, 0.6) is 0 Å². The SMILES string of the molecule is COC(=O)N1CCC[C@@H](c2[nH]ncc2CO)[C@H]1COC1CCC(c2ccccc2)CC1. The number of hydrogen-bond acceptors (Lipinski definition) is 5. The Bertz CT molecular complexity index is 832. The number of carbonyl (C=O) groups is 1. The van der Waals surface area contributed by atoms with Crippen molar-refractivity contribution in [2.45, 2.75) is 69.1 Å². The van der Waals surface area contributed by atoms with Crippen LogP contribution in [0.2, 0.25) is 0 Å². The van der Waals surface area contributed by atoms with Gasteiger partial charge in [-0.05, 0) is 50.0 Å². The van der Waals surface area contributed by atoms with Crippen molar-refractivity contribution in [3.8, 4) is 0 Å². The summed E-state index contributed by atoms with van der Waals surface area (Å²) in [6.07, 6.45) is 7.64. The Hall–Kier alpha value is -2.38. The summed E-state index contributed by atoms with van der Waals surface area (Å²) >= 11 is 0. The molecule has 7 nitrogen and oxygen atoms in total. The summed E-state index contributed by atoms with van der Waals surface area (Å²) in [4.78, 5) is 14.3. The first kappa shape index (κ1) is 21.8. The lowest BCUT2D eigenvalue weighted by atomic mass is 9.82. The molecule has 168 valence electrons. The lowest BCUT2D eigenvalue weighted by molar-refractivity contribution is -0.0243. The highest BCUT2D eigenvalue weighted by Gasteiger charge is 2.38. The molecule has 1 amide bonds. The Kier molecular flexibility index (Phi) is 7.25. The molecule has 2 heterocycles. The normalized spacial score (nSPS) is 26.6. The number of aromatic nitrogens is 2. The maximum absolute atomic E-state index is 12.5. The minimum Gasteiger partial charge on any atom is -0.453 e. The van der Waals surface area contributed by atoms with Crippen molar-refractivity contribution < 1.29 is 19.4 Å². The first-order chi connectivity index (χ1) is 15.2. The third-order valence-electron chi connectivity index (χ3n) is 6.93. The van der Waals surface area contributed by atoms with Gasteiger partial charge in [0, 0.05) is 23.7 Å². The van der Waals surface area contributed by atoms with Crippen LogP contribution in [0, 0.1) is 0 Å². The van der Waals surface area contributed by atoms with Crippen molar-refractivity contribution in [3.63, 3.8) is 0 Å². The number of nitrogens with zero attached hydrogens (tertiary/aromatic N) is 2. The van der Waals surface area contributed by atoms with E-state index in [0.717, 1.165) is 49.8 Å². The number of aromatic amines is 1. The fourth-order valence-corrected chi connectivity index (χ4v) is 5.23. The number of hydrogen-bond donors (Lipinski definition) is 2. The van der Waals surface area contributed by atoms with Crippen LogP contribution in [0.1, 0.15) is 67.2 Å². The molecular weight excluding hydrogens is 394 g/mol. The second-order valence-corrected chi connectivity index (χ2v) is 8.66. The Balaban J connectivity index is 1.41. The van der Waals surface area contributed by atoms with Crippen LogP contribution in [-0.4, -0.2) is 58.7 Å². The molecular formula is C24H33N3O4. The van der Waals surface area contributed by atoms with Crippen LogP contribution in [0.3, 0.4) is 0 Å². The minimum atomic E-state index is -0.323. The summed E-state index contributed by atoms with van der Waals surface area (Å²) in [6, 6.07) is 10.6. The van der Waals surface area contributed by atoms with E-state index >= 15 is 0 Å². The first-order valence-corrected chi connectivity index (χ1v) is 11.4. The van der Waals surface area contributed by atoms with Gasteiger partial charge in [0.05, 0.1) is 38.7 Å². The van der Waals surface area contributed by atoms with Gasteiger partial charge in [0.25, 0.3) is 0 Å². The summed E-state index contributed by atoms with van der Waals surface area (Å²) in [6.45, 7) is 1.04. The lowest BCUT2D eigenvalue weighted by Gasteiger charge is -2.41. The van der Waals surface area contributed by atoms with E-state index < -0.39 is 0 Å². The van der Waals surface area contributed by atoms with Gasteiger partial charge in [-0.2, -0.15) is 5.10 Å². The van der Waals surface area contributed by atoms with Crippen molar-refractivity contribution in [2.75, 3.05) is 20.3 Å². The molecule has 1 aliphatic heterocycles. The molecule has 2 fully saturated rings. The zero-order valence-electron chi connectivity index (χ0n) is 18.2. The summed E-state index contributed by atoms with van der Waals surface area (Å²) < 4.78 is 11.4. The van der Waals surface area contributed by atoms with E-state index in [2.05, 4.69) is 40.5 Å². The summed E-state index contributed by atoms with van der Waals surface area (Å²) in [7, 11) is 1.42. The summed E-state index contributed by atoms with van der Waals surface area (Å²) in [5.41, 5.74) is 3.10. The molecule has 2 aliphatic rings. The third kappa shape index (κ3) is 4.93. The molecule has 1 saturated heterocycles. The number of H-pyrrole nitrogens is 1. The van der Waals surface area contributed by atoms with Gasteiger partial charge in [0.1, 0.15) is 0 Å². The first-order valence-electron chi connectivity index (χ1n) is 11.4. The molecule has 0 radical (unpaired) electrons. The second-order valence-electron chi connectivity index (χ2n) is 8.66. The quantitative estimate of drug-likeness (QED) is 0.729. The van der Waals surface area contributed by atoms with Crippen LogP contribution < -0.4 is 0 Å². The maximum atomic E-state index is 12.5. The minimum absolute atomic E-state index is 0.0400. The standard InChI is InChI=1S/C24H33N3O4/c1-30-24(29)27-13-5-8-21(23-19(15-28)14-25-26-23)22(27)16-31-20-11-9-18(10-12-20)17-6-3-2-4-7-17/h2-4,6-7,14,18,20-22,28H,5,8-13,15-16H2,1H3,(H,25,26)/t18?,20?,21-,22-/m1/s1. The average molecular weight is 428 g/mol. The molecule has 1 aromatic carbocycles. The van der Waals surface area contributed by atoms with E-state index in [-0.39, 0.29) is 30.8 Å². The van der Waals surface area contributed by atoms with Crippen molar-refractivity contribution in [1.29, 1.82) is 0 Å². The summed E-state index contributed by atoms with van der Waals surface area (Å²) in [5, 5.41) is 16.9. The molecule has 4 rings (SSSR count). The van der Waals surface area contributed by atoms with E-state index in [1.807, 2.05) is 0 Å². The number of benzene rings is 1. The van der Waals surface area contributed by atoms with Gasteiger partial charge in [0.2, 0.25) is 0 Å². The van der Waals surface area contributed by atoms with Gasteiger partial charge >= 0.3 is 6.09 Å². The second kappa shape index (κ2) is 10.3. The van der Waals surface area contributed by atoms with Crippen molar-refractivity contribution in [3.05, 3.63) is 53.3 Å². The summed E-state index contributed by atoms with van der Waals surface area (Å²) in [5.74, 6) is 0.644. The molecule has 31 heavy (non-hydrogen) atoms. The number of piperidine rings is 1. The number of nitrogens with one attached hydrogen (secondary N) is 1. The molecule has 1 aliphatic carbocycles. The van der Waals surface area contributed by atoms with E-state index in [1.165, 1.54) is 12.7 Å². The number of aliphatic hydroxyl groups is 1. The monoisotopic (exact) mass is 427 g/mol. The van der Waals surface area contributed by atoms with Gasteiger partial charge in [-0.1, -0.05) is 30.3 Å². The number of amides is 1. The van der Waals surface area contributed by atoms with Gasteiger partial charge in [-0.15, -0.1) is 0 Å². The highest BCUT2D eigenvalue weighted by molar-refractivity contribution is 5.68. The van der Waals surface area contributed by atoms with Gasteiger partial charge in [-0.3, -0.25) is 5.10 Å². The van der Waals surface area contributed by atoms with Crippen LogP contribution in [0.4, 0.5) is 4.79 Å². The van der Waals surface area contributed by atoms with Crippen LogP contribution in [-0.2, 0) is 16.1 Å². The fourth-order valence-electron chi connectivity index (χ4n) is 5.23. The third-order valence-corrected chi connectivity index (χ3v) is 6.93.